The van der Waals surface area contributed by atoms with Crippen molar-refractivity contribution in [3.8, 4) is 0 Å². The van der Waals surface area contributed by atoms with E-state index in [1.54, 1.807) is 13.0 Å². The average molecular weight is 195 g/mol. The van der Waals surface area contributed by atoms with Crippen LogP contribution in [0.1, 0.15) is 11.1 Å². The summed E-state index contributed by atoms with van der Waals surface area (Å²) in [7, 11) is 1.16. The van der Waals surface area contributed by atoms with Crippen LogP contribution in [0.5, 0.6) is 0 Å². The molecule has 1 rings (SSSR count). The number of hydrogen-bond donors (Lipinski definition) is 1. The summed E-state index contributed by atoms with van der Waals surface area (Å²) in [4.78, 5) is 11.0. The first kappa shape index (κ1) is 10.4. The SMILES string of the molecule is COC(=O)C(=N)c1c(C)cccc1F. The van der Waals surface area contributed by atoms with Gasteiger partial charge in [0.2, 0.25) is 0 Å². The van der Waals surface area contributed by atoms with Gasteiger partial charge in [-0.25, -0.2) is 9.18 Å². The van der Waals surface area contributed by atoms with Crippen LogP contribution in [0.25, 0.3) is 0 Å². The Hall–Kier alpha value is -1.71. The lowest BCUT2D eigenvalue weighted by Gasteiger charge is -2.06. The molecule has 0 atom stereocenters. The molecule has 3 nitrogen and oxygen atoms in total. The molecule has 1 aromatic rings. The number of hydrogen-bond acceptors (Lipinski definition) is 3. The lowest BCUT2D eigenvalue weighted by molar-refractivity contribution is -0.132. The second kappa shape index (κ2) is 4.00. The van der Waals surface area contributed by atoms with Crippen LogP contribution in [0, 0.1) is 18.2 Å². The van der Waals surface area contributed by atoms with Crippen molar-refractivity contribution < 1.29 is 13.9 Å². The molecule has 0 aliphatic rings. The van der Waals surface area contributed by atoms with Gasteiger partial charge in [-0.2, -0.15) is 0 Å². The number of halogens is 1. The van der Waals surface area contributed by atoms with E-state index in [-0.39, 0.29) is 5.56 Å². The maximum absolute atomic E-state index is 13.2. The van der Waals surface area contributed by atoms with Gasteiger partial charge in [0.25, 0.3) is 0 Å². The summed E-state index contributed by atoms with van der Waals surface area (Å²) in [6.07, 6.45) is 0. The third kappa shape index (κ3) is 1.79. The van der Waals surface area contributed by atoms with Crippen molar-refractivity contribution in [1.82, 2.24) is 0 Å². The Kier molecular flexibility index (Phi) is 2.96. The van der Waals surface area contributed by atoms with Crippen molar-refractivity contribution in [2.75, 3.05) is 7.11 Å². The molecule has 0 amide bonds. The van der Waals surface area contributed by atoms with Crippen LogP contribution in [0.15, 0.2) is 18.2 Å². The predicted octanol–water partition coefficient (Wildman–Crippen LogP) is 1.67. The molecule has 0 bridgehead atoms. The number of benzene rings is 1. The largest absolute Gasteiger partial charge is 0.464 e. The molecular weight excluding hydrogens is 185 g/mol. The second-order valence-corrected chi connectivity index (χ2v) is 2.80. The first-order valence-electron chi connectivity index (χ1n) is 4.00. The van der Waals surface area contributed by atoms with Crippen molar-refractivity contribution in [1.29, 1.82) is 5.41 Å². The monoisotopic (exact) mass is 195 g/mol. The van der Waals surface area contributed by atoms with Crippen LogP contribution in [0.4, 0.5) is 4.39 Å². The Labute approximate surface area is 81.0 Å². The number of methoxy groups -OCH3 is 1. The van der Waals surface area contributed by atoms with Crippen molar-refractivity contribution in [3.63, 3.8) is 0 Å². The highest BCUT2D eigenvalue weighted by Gasteiger charge is 2.17. The zero-order chi connectivity index (χ0) is 10.7. The molecule has 0 spiro atoms. The normalized spacial score (nSPS) is 9.64. The standard InChI is InChI=1S/C10H10FNO2/c1-6-4-3-5-7(11)8(6)9(12)10(13)14-2/h3-5,12H,1-2H3. The van der Waals surface area contributed by atoms with Crippen molar-refractivity contribution in [2.45, 2.75) is 6.92 Å². The Bertz CT molecular complexity index is 367. The molecule has 1 N–H and O–H groups in total. The highest BCUT2D eigenvalue weighted by molar-refractivity contribution is 6.42. The van der Waals surface area contributed by atoms with Gasteiger partial charge in [-0.3, -0.25) is 5.41 Å². The summed E-state index contributed by atoms with van der Waals surface area (Å²) >= 11 is 0. The van der Waals surface area contributed by atoms with Gasteiger partial charge in [-0.15, -0.1) is 0 Å². The van der Waals surface area contributed by atoms with E-state index in [0.29, 0.717) is 5.56 Å². The molecule has 1 aromatic carbocycles. The van der Waals surface area contributed by atoms with Crippen molar-refractivity contribution in [3.05, 3.63) is 35.1 Å². The molecule has 0 aliphatic heterocycles. The van der Waals surface area contributed by atoms with E-state index in [9.17, 15) is 9.18 Å². The number of carbonyl (C=O) groups excluding carboxylic acids is 1. The molecule has 4 heteroatoms. The summed E-state index contributed by atoms with van der Waals surface area (Å²) in [6.45, 7) is 1.63. The van der Waals surface area contributed by atoms with Crippen LogP contribution in [-0.4, -0.2) is 18.8 Å². The summed E-state index contributed by atoms with van der Waals surface area (Å²) < 4.78 is 17.6. The summed E-state index contributed by atoms with van der Waals surface area (Å²) in [5.41, 5.74) is 0.0860. The fourth-order valence-electron chi connectivity index (χ4n) is 1.15. The fourth-order valence-corrected chi connectivity index (χ4v) is 1.15. The average Bonchev–Trinajstić information content (AvgIpc) is 2.16. The topological polar surface area (TPSA) is 50.2 Å². The Morgan fingerprint density at radius 2 is 2.14 bits per heavy atom. The first-order chi connectivity index (χ1) is 6.57. The quantitative estimate of drug-likeness (QED) is 0.576. The molecule has 0 aromatic heterocycles. The molecule has 0 fully saturated rings. The summed E-state index contributed by atoms with van der Waals surface area (Å²) in [5.74, 6) is -1.42. The van der Waals surface area contributed by atoms with Crippen LogP contribution in [0.2, 0.25) is 0 Å². The Morgan fingerprint density at radius 1 is 1.50 bits per heavy atom. The van der Waals surface area contributed by atoms with E-state index in [2.05, 4.69) is 4.74 Å². The summed E-state index contributed by atoms with van der Waals surface area (Å²) in [5, 5.41) is 7.40. The van der Waals surface area contributed by atoms with E-state index < -0.39 is 17.5 Å². The van der Waals surface area contributed by atoms with Crippen LogP contribution in [-0.2, 0) is 9.53 Å². The number of esters is 1. The molecule has 0 radical (unpaired) electrons. The van der Waals surface area contributed by atoms with E-state index in [1.807, 2.05) is 0 Å². The van der Waals surface area contributed by atoms with Gasteiger partial charge in [0.15, 0.2) is 5.71 Å². The molecule has 14 heavy (non-hydrogen) atoms. The summed E-state index contributed by atoms with van der Waals surface area (Å²) in [6, 6.07) is 4.37. The van der Waals surface area contributed by atoms with Gasteiger partial charge in [0.1, 0.15) is 5.82 Å². The highest BCUT2D eigenvalue weighted by atomic mass is 19.1. The molecular formula is C10H10FNO2. The third-order valence-electron chi connectivity index (χ3n) is 1.86. The second-order valence-electron chi connectivity index (χ2n) is 2.80. The molecule has 74 valence electrons. The number of aryl methyl sites for hydroxylation is 1. The van der Waals surface area contributed by atoms with Crippen LogP contribution in [0.3, 0.4) is 0 Å². The van der Waals surface area contributed by atoms with Crippen LogP contribution >= 0.6 is 0 Å². The maximum atomic E-state index is 13.2. The molecule has 0 aliphatic carbocycles. The first-order valence-corrected chi connectivity index (χ1v) is 4.00. The van der Waals surface area contributed by atoms with Crippen molar-refractivity contribution >= 4 is 11.7 Å². The van der Waals surface area contributed by atoms with Gasteiger partial charge in [0.05, 0.1) is 7.11 Å². The lowest BCUT2D eigenvalue weighted by atomic mass is 10.0. The van der Waals surface area contributed by atoms with Gasteiger partial charge < -0.3 is 4.74 Å². The molecule has 0 saturated carbocycles. The Balaban J connectivity index is 3.19. The van der Waals surface area contributed by atoms with E-state index in [1.165, 1.54) is 12.1 Å². The minimum absolute atomic E-state index is 0.000602. The van der Waals surface area contributed by atoms with E-state index in [0.717, 1.165) is 7.11 Å². The van der Waals surface area contributed by atoms with Crippen LogP contribution < -0.4 is 0 Å². The molecule has 0 heterocycles. The minimum atomic E-state index is -0.835. The van der Waals surface area contributed by atoms with E-state index >= 15 is 0 Å². The molecule has 0 unspecified atom stereocenters. The molecule has 0 saturated heterocycles. The lowest BCUT2D eigenvalue weighted by Crippen LogP contribution is -2.18. The number of rotatable bonds is 2. The van der Waals surface area contributed by atoms with Gasteiger partial charge >= 0.3 is 5.97 Å². The fraction of sp³-hybridized carbons (Fsp3) is 0.200. The van der Waals surface area contributed by atoms with Gasteiger partial charge in [-0.05, 0) is 18.6 Å². The zero-order valence-corrected chi connectivity index (χ0v) is 7.93. The minimum Gasteiger partial charge on any atom is -0.464 e. The van der Waals surface area contributed by atoms with Crippen molar-refractivity contribution in [2.24, 2.45) is 0 Å². The number of nitrogens with one attached hydrogen (secondary N) is 1. The number of carbonyl (C=O) groups is 1. The van der Waals surface area contributed by atoms with E-state index in [4.69, 9.17) is 5.41 Å². The smallest absolute Gasteiger partial charge is 0.356 e. The third-order valence-corrected chi connectivity index (χ3v) is 1.86. The highest BCUT2D eigenvalue weighted by Crippen LogP contribution is 2.13. The Morgan fingerprint density at radius 3 is 2.64 bits per heavy atom. The predicted molar refractivity (Wildman–Crippen MR) is 50.0 cm³/mol. The van der Waals surface area contributed by atoms with Gasteiger partial charge in [-0.1, -0.05) is 12.1 Å². The van der Waals surface area contributed by atoms with Gasteiger partial charge in [0, 0.05) is 5.56 Å². The number of ether oxygens (including phenoxy) is 1. The zero-order valence-electron chi connectivity index (χ0n) is 7.93. The maximum Gasteiger partial charge on any atom is 0.356 e.